The summed E-state index contributed by atoms with van der Waals surface area (Å²) >= 11 is 0. The minimum Gasteiger partial charge on any atom is -0.494 e. The van der Waals surface area contributed by atoms with Gasteiger partial charge in [0.2, 0.25) is 21.8 Å². The zero-order chi connectivity index (χ0) is 23.3. The van der Waals surface area contributed by atoms with Gasteiger partial charge in [0.15, 0.2) is 0 Å². The number of likely N-dealkylation sites (N-methyl/N-ethyl adjacent to an activating group) is 1. The number of rotatable bonds is 9. The molecule has 1 heterocycles. The van der Waals surface area contributed by atoms with E-state index in [-0.39, 0.29) is 17.3 Å². The van der Waals surface area contributed by atoms with Crippen LogP contribution in [0.4, 0.5) is 11.4 Å². The number of anilines is 2. The Balaban J connectivity index is 1.74. The molecule has 1 aliphatic rings. The maximum atomic E-state index is 13.0. The number of ether oxygens (including phenoxy) is 2. The van der Waals surface area contributed by atoms with Crippen LogP contribution >= 0.6 is 0 Å². The van der Waals surface area contributed by atoms with E-state index in [1.165, 1.54) is 19.2 Å². The summed E-state index contributed by atoms with van der Waals surface area (Å²) in [5, 5.41) is 5.43. The molecule has 3 rings (SSSR count). The van der Waals surface area contributed by atoms with Gasteiger partial charge in [-0.25, -0.2) is 8.42 Å². The SMILES string of the molecule is CCOc1ccc(OCC)c(NC(=O)CN(C)S(=O)(=O)c2ccc3c(c2)CCC(=O)N3)c1. The van der Waals surface area contributed by atoms with Crippen LogP contribution in [0.15, 0.2) is 41.3 Å². The third-order valence-electron chi connectivity index (χ3n) is 4.88. The molecule has 0 radical (unpaired) electrons. The van der Waals surface area contributed by atoms with Gasteiger partial charge in [-0.3, -0.25) is 9.59 Å². The van der Waals surface area contributed by atoms with Gasteiger partial charge in [-0.1, -0.05) is 0 Å². The molecule has 0 saturated heterocycles. The van der Waals surface area contributed by atoms with Crippen molar-refractivity contribution in [1.82, 2.24) is 4.31 Å². The second-order valence-corrected chi connectivity index (χ2v) is 9.25. The number of benzene rings is 2. The molecule has 2 aromatic carbocycles. The van der Waals surface area contributed by atoms with Crippen molar-refractivity contribution in [3.8, 4) is 11.5 Å². The molecule has 32 heavy (non-hydrogen) atoms. The average molecular weight is 462 g/mol. The third-order valence-corrected chi connectivity index (χ3v) is 6.68. The van der Waals surface area contributed by atoms with Gasteiger partial charge in [0.05, 0.1) is 30.3 Å². The molecule has 0 spiro atoms. The lowest BCUT2D eigenvalue weighted by Gasteiger charge is -2.21. The Morgan fingerprint density at radius 3 is 2.56 bits per heavy atom. The van der Waals surface area contributed by atoms with Crippen molar-refractivity contribution < 1.29 is 27.5 Å². The summed E-state index contributed by atoms with van der Waals surface area (Å²) in [6.07, 6.45) is 0.767. The molecule has 2 aromatic rings. The lowest BCUT2D eigenvalue weighted by atomic mass is 10.0. The van der Waals surface area contributed by atoms with Crippen molar-refractivity contribution in [2.75, 3.05) is 37.4 Å². The first-order valence-electron chi connectivity index (χ1n) is 10.3. The lowest BCUT2D eigenvalue weighted by Crippen LogP contribution is -2.35. The number of hydrogen-bond donors (Lipinski definition) is 2. The zero-order valence-electron chi connectivity index (χ0n) is 18.3. The highest BCUT2D eigenvalue weighted by Crippen LogP contribution is 2.30. The van der Waals surface area contributed by atoms with Crippen molar-refractivity contribution in [2.45, 2.75) is 31.6 Å². The minimum absolute atomic E-state index is 0.0658. The number of sulfonamides is 1. The number of carbonyl (C=O) groups excluding carboxylic acids is 2. The van der Waals surface area contributed by atoms with E-state index in [0.717, 1.165) is 9.87 Å². The molecule has 0 saturated carbocycles. The van der Waals surface area contributed by atoms with E-state index in [9.17, 15) is 18.0 Å². The molecule has 2 amide bonds. The van der Waals surface area contributed by atoms with Crippen LogP contribution < -0.4 is 20.1 Å². The van der Waals surface area contributed by atoms with E-state index < -0.39 is 15.9 Å². The standard InChI is InChI=1S/C22H27N3O6S/c1-4-30-16-7-10-20(31-5-2)19(13-16)24-22(27)14-25(3)32(28,29)17-8-9-18-15(12-17)6-11-21(26)23-18/h7-10,12-13H,4-6,11,14H2,1-3H3,(H,23,26)(H,24,27). The molecule has 0 aliphatic carbocycles. The van der Waals surface area contributed by atoms with E-state index in [2.05, 4.69) is 10.6 Å². The zero-order valence-corrected chi connectivity index (χ0v) is 19.1. The maximum absolute atomic E-state index is 13.0. The van der Waals surface area contributed by atoms with Crippen molar-refractivity contribution in [1.29, 1.82) is 0 Å². The summed E-state index contributed by atoms with van der Waals surface area (Å²) in [6.45, 7) is 4.16. The van der Waals surface area contributed by atoms with Crippen LogP contribution in [-0.2, 0) is 26.0 Å². The Kier molecular flexibility index (Phi) is 7.37. The van der Waals surface area contributed by atoms with E-state index in [0.29, 0.717) is 48.9 Å². The quantitative estimate of drug-likeness (QED) is 0.593. The second kappa shape index (κ2) is 10.0. The number of fused-ring (bicyclic) bond motifs is 1. The summed E-state index contributed by atoms with van der Waals surface area (Å²) in [7, 11) is -2.56. The number of nitrogens with one attached hydrogen (secondary N) is 2. The van der Waals surface area contributed by atoms with Gasteiger partial charge in [-0.15, -0.1) is 0 Å². The van der Waals surface area contributed by atoms with E-state index in [1.54, 1.807) is 24.3 Å². The summed E-state index contributed by atoms with van der Waals surface area (Å²) in [5.74, 6) is 0.414. The minimum atomic E-state index is -3.91. The largest absolute Gasteiger partial charge is 0.494 e. The molecule has 9 nitrogen and oxygen atoms in total. The van der Waals surface area contributed by atoms with E-state index >= 15 is 0 Å². The van der Waals surface area contributed by atoms with Crippen molar-refractivity contribution >= 4 is 33.2 Å². The predicted octanol–water partition coefficient (Wildman–Crippen LogP) is 2.63. The fourth-order valence-corrected chi connectivity index (χ4v) is 4.50. The number of aryl methyl sites for hydroxylation is 1. The topological polar surface area (TPSA) is 114 Å². The Morgan fingerprint density at radius 2 is 1.84 bits per heavy atom. The Hall–Kier alpha value is -3.11. The van der Waals surface area contributed by atoms with Crippen LogP contribution in [0, 0.1) is 0 Å². The third kappa shape index (κ3) is 5.38. The van der Waals surface area contributed by atoms with Gasteiger partial charge in [0, 0.05) is 25.2 Å². The normalized spacial score (nSPS) is 13.3. The van der Waals surface area contributed by atoms with Crippen LogP contribution in [0.3, 0.4) is 0 Å². The fraction of sp³-hybridized carbons (Fsp3) is 0.364. The van der Waals surface area contributed by atoms with Gasteiger partial charge in [-0.05, 0) is 56.2 Å². The molecular formula is C22H27N3O6S. The average Bonchev–Trinajstić information content (AvgIpc) is 2.75. The van der Waals surface area contributed by atoms with E-state index in [4.69, 9.17) is 9.47 Å². The Bertz CT molecular complexity index is 1120. The molecule has 10 heteroatoms. The summed E-state index contributed by atoms with van der Waals surface area (Å²) in [6, 6.07) is 9.60. The molecule has 1 aliphatic heterocycles. The van der Waals surface area contributed by atoms with Gasteiger partial charge < -0.3 is 20.1 Å². The number of hydrogen-bond acceptors (Lipinski definition) is 6. The molecule has 0 bridgehead atoms. The molecule has 0 atom stereocenters. The molecule has 0 unspecified atom stereocenters. The van der Waals surface area contributed by atoms with Gasteiger partial charge in [-0.2, -0.15) is 4.31 Å². The van der Waals surface area contributed by atoms with E-state index in [1.807, 2.05) is 13.8 Å². The molecular weight excluding hydrogens is 434 g/mol. The molecule has 0 fully saturated rings. The number of amides is 2. The fourth-order valence-electron chi connectivity index (χ4n) is 3.32. The predicted molar refractivity (Wildman–Crippen MR) is 121 cm³/mol. The van der Waals surface area contributed by atoms with Crippen molar-refractivity contribution in [3.05, 3.63) is 42.0 Å². The van der Waals surface area contributed by atoms with Crippen molar-refractivity contribution in [2.24, 2.45) is 0 Å². The lowest BCUT2D eigenvalue weighted by molar-refractivity contribution is -0.117. The van der Waals surface area contributed by atoms with Gasteiger partial charge >= 0.3 is 0 Å². The van der Waals surface area contributed by atoms with Crippen LogP contribution in [-0.4, -0.2) is 51.3 Å². The molecule has 2 N–H and O–H groups in total. The van der Waals surface area contributed by atoms with Gasteiger partial charge in [0.1, 0.15) is 11.5 Å². The summed E-state index contributed by atoms with van der Waals surface area (Å²) in [5.41, 5.74) is 1.76. The number of nitrogens with zero attached hydrogens (tertiary/aromatic N) is 1. The summed E-state index contributed by atoms with van der Waals surface area (Å²) in [4.78, 5) is 24.2. The second-order valence-electron chi connectivity index (χ2n) is 7.20. The highest BCUT2D eigenvalue weighted by Gasteiger charge is 2.25. The first-order valence-corrected chi connectivity index (χ1v) is 11.8. The highest BCUT2D eigenvalue weighted by atomic mass is 32.2. The van der Waals surface area contributed by atoms with Gasteiger partial charge in [0.25, 0.3) is 0 Å². The summed E-state index contributed by atoms with van der Waals surface area (Å²) < 4.78 is 38.0. The maximum Gasteiger partial charge on any atom is 0.243 e. The molecule has 172 valence electrons. The van der Waals surface area contributed by atoms with Crippen LogP contribution in [0.1, 0.15) is 25.8 Å². The van der Waals surface area contributed by atoms with Crippen LogP contribution in [0.25, 0.3) is 0 Å². The smallest absolute Gasteiger partial charge is 0.243 e. The Morgan fingerprint density at radius 1 is 1.09 bits per heavy atom. The Labute approximate surface area is 187 Å². The van der Waals surface area contributed by atoms with Crippen LogP contribution in [0.5, 0.6) is 11.5 Å². The highest BCUT2D eigenvalue weighted by molar-refractivity contribution is 7.89. The molecule has 0 aromatic heterocycles. The monoisotopic (exact) mass is 461 g/mol. The van der Waals surface area contributed by atoms with Crippen LogP contribution in [0.2, 0.25) is 0 Å². The first-order chi connectivity index (χ1) is 15.2. The first kappa shape index (κ1) is 23.6. The van der Waals surface area contributed by atoms with Crippen molar-refractivity contribution in [3.63, 3.8) is 0 Å². The number of carbonyl (C=O) groups is 2.